The van der Waals surface area contributed by atoms with Crippen LogP contribution < -0.4 is 0 Å². The van der Waals surface area contributed by atoms with Gasteiger partial charge in [-0.25, -0.2) is 0 Å². The van der Waals surface area contributed by atoms with E-state index in [4.69, 9.17) is 4.42 Å². The number of nitrogens with zero attached hydrogens (tertiary/aromatic N) is 1. The number of rotatable bonds is 0. The van der Waals surface area contributed by atoms with Gasteiger partial charge in [-0.1, -0.05) is 30.3 Å². The summed E-state index contributed by atoms with van der Waals surface area (Å²) >= 11 is 0. The van der Waals surface area contributed by atoms with Crippen molar-refractivity contribution in [3.8, 4) is 0 Å². The third-order valence-electron chi connectivity index (χ3n) is 4.15. The van der Waals surface area contributed by atoms with Crippen molar-refractivity contribution in [3.63, 3.8) is 0 Å². The average molecular weight is 269 g/mol. The lowest BCUT2D eigenvalue weighted by atomic mass is 9.98. The quantitative estimate of drug-likeness (QED) is 0.282. The van der Waals surface area contributed by atoms with Gasteiger partial charge in [0.15, 0.2) is 0 Å². The molecule has 0 bridgehead atoms. The third-order valence-corrected chi connectivity index (χ3v) is 4.15. The van der Waals surface area contributed by atoms with Gasteiger partial charge < -0.3 is 4.42 Å². The molecule has 0 aliphatic rings. The van der Waals surface area contributed by atoms with Crippen LogP contribution in [0.5, 0.6) is 0 Å². The second-order valence-electron chi connectivity index (χ2n) is 5.31. The smallest absolute Gasteiger partial charge is 0.142 e. The number of hydrogen-bond donors (Lipinski definition) is 0. The standard InChI is InChI=1S/C19H11NO/c1-2-5-13-11-17-16(10-12(13)4-1)18-14(6-3-8-20-18)15-7-9-21-19(15)17/h1-11H. The molecule has 0 N–H and O–H groups in total. The first-order valence-corrected chi connectivity index (χ1v) is 6.98. The molecule has 5 rings (SSSR count). The van der Waals surface area contributed by atoms with Crippen LogP contribution >= 0.6 is 0 Å². The predicted molar refractivity (Wildman–Crippen MR) is 86.5 cm³/mol. The van der Waals surface area contributed by atoms with Gasteiger partial charge in [-0.05, 0) is 35.0 Å². The van der Waals surface area contributed by atoms with Crippen molar-refractivity contribution >= 4 is 43.4 Å². The largest absolute Gasteiger partial charge is 0.464 e. The number of furan rings is 1. The minimum atomic E-state index is 0.941. The first-order chi connectivity index (χ1) is 10.4. The van der Waals surface area contributed by atoms with E-state index in [1.807, 2.05) is 18.3 Å². The van der Waals surface area contributed by atoms with E-state index in [9.17, 15) is 0 Å². The van der Waals surface area contributed by atoms with Crippen molar-refractivity contribution in [1.82, 2.24) is 4.98 Å². The summed E-state index contributed by atoms with van der Waals surface area (Å²) in [5.41, 5.74) is 1.98. The zero-order valence-electron chi connectivity index (χ0n) is 11.2. The summed E-state index contributed by atoms with van der Waals surface area (Å²) in [6.07, 6.45) is 3.61. The fraction of sp³-hybridized carbons (Fsp3) is 0. The molecule has 2 heterocycles. The summed E-state index contributed by atoms with van der Waals surface area (Å²) in [5, 5.41) is 6.98. The van der Waals surface area contributed by atoms with Crippen LogP contribution in [0.1, 0.15) is 0 Å². The predicted octanol–water partition coefficient (Wildman–Crippen LogP) is 5.29. The number of aromatic nitrogens is 1. The molecule has 0 spiro atoms. The SMILES string of the molecule is c1ccc2cc3c(cc2c1)c1ncccc1c1ccoc13. The molecule has 0 fully saturated rings. The van der Waals surface area contributed by atoms with Crippen molar-refractivity contribution < 1.29 is 4.42 Å². The number of hydrogen-bond acceptors (Lipinski definition) is 2. The number of fused-ring (bicyclic) bond motifs is 7. The van der Waals surface area contributed by atoms with E-state index in [2.05, 4.69) is 47.4 Å². The first kappa shape index (κ1) is 10.9. The second kappa shape index (κ2) is 3.83. The zero-order valence-corrected chi connectivity index (χ0v) is 11.2. The molecule has 0 radical (unpaired) electrons. The van der Waals surface area contributed by atoms with Gasteiger partial charge in [0.1, 0.15) is 5.58 Å². The number of benzene rings is 3. The van der Waals surface area contributed by atoms with Gasteiger partial charge in [0.05, 0.1) is 11.8 Å². The highest BCUT2D eigenvalue weighted by Gasteiger charge is 2.12. The Morgan fingerprint density at radius 2 is 1.52 bits per heavy atom. The van der Waals surface area contributed by atoms with Gasteiger partial charge in [-0.15, -0.1) is 0 Å². The molecule has 98 valence electrons. The molecule has 2 nitrogen and oxygen atoms in total. The monoisotopic (exact) mass is 269 g/mol. The van der Waals surface area contributed by atoms with E-state index in [-0.39, 0.29) is 0 Å². The zero-order chi connectivity index (χ0) is 13.8. The minimum Gasteiger partial charge on any atom is -0.464 e. The van der Waals surface area contributed by atoms with Crippen molar-refractivity contribution in [1.29, 1.82) is 0 Å². The molecule has 0 unspecified atom stereocenters. The highest BCUT2D eigenvalue weighted by Crippen LogP contribution is 2.36. The Morgan fingerprint density at radius 1 is 0.714 bits per heavy atom. The van der Waals surface area contributed by atoms with Crippen LogP contribution in [0.15, 0.2) is 71.5 Å². The Labute approximate surface area is 120 Å². The van der Waals surface area contributed by atoms with Crippen LogP contribution in [0, 0.1) is 0 Å². The van der Waals surface area contributed by atoms with Gasteiger partial charge in [-0.2, -0.15) is 0 Å². The van der Waals surface area contributed by atoms with E-state index >= 15 is 0 Å². The van der Waals surface area contributed by atoms with E-state index in [1.165, 1.54) is 10.8 Å². The molecule has 0 aliphatic carbocycles. The molecule has 0 aliphatic heterocycles. The molecule has 21 heavy (non-hydrogen) atoms. The molecule has 0 saturated carbocycles. The normalized spacial score (nSPS) is 11.8. The van der Waals surface area contributed by atoms with Crippen LogP contribution in [0.3, 0.4) is 0 Å². The van der Waals surface area contributed by atoms with Gasteiger partial charge in [0, 0.05) is 27.7 Å². The Balaban J connectivity index is 2.18. The summed E-state index contributed by atoms with van der Waals surface area (Å²) < 4.78 is 5.76. The van der Waals surface area contributed by atoms with Crippen molar-refractivity contribution in [2.75, 3.05) is 0 Å². The Morgan fingerprint density at radius 3 is 2.38 bits per heavy atom. The molecule has 5 aromatic rings. The minimum absolute atomic E-state index is 0.941. The summed E-state index contributed by atoms with van der Waals surface area (Å²) in [6.45, 7) is 0. The van der Waals surface area contributed by atoms with Crippen molar-refractivity contribution in [3.05, 3.63) is 67.1 Å². The van der Waals surface area contributed by atoms with Crippen molar-refractivity contribution in [2.24, 2.45) is 0 Å². The fourth-order valence-electron chi connectivity index (χ4n) is 3.19. The summed E-state index contributed by atoms with van der Waals surface area (Å²) in [4.78, 5) is 4.60. The van der Waals surface area contributed by atoms with Crippen LogP contribution in [-0.2, 0) is 0 Å². The Hall–Kier alpha value is -2.87. The lowest BCUT2D eigenvalue weighted by Crippen LogP contribution is -1.84. The van der Waals surface area contributed by atoms with Gasteiger partial charge in [-0.3, -0.25) is 4.98 Å². The molecule has 2 aromatic heterocycles. The summed E-state index contributed by atoms with van der Waals surface area (Å²) in [7, 11) is 0. The van der Waals surface area contributed by atoms with Gasteiger partial charge >= 0.3 is 0 Å². The molecule has 2 heteroatoms. The highest BCUT2D eigenvalue weighted by molar-refractivity contribution is 6.24. The lowest BCUT2D eigenvalue weighted by Gasteiger charge is -2.07. The summed E-state index contributed by atoms with van der Waals surface area (Å²) in [6, 6.07) is 18.9. The maximum Gasteiger partial charge on any atom is 0.142 e. The third kappa shape index (κ3) is 1.39. The van der Waals surface area contributed by atoms with Gasteiger partial charge in [0.2, 0.25) is 0 Å². The average Bonchev–Trinajstić information content (AvgIpc) is 3.03. The van der Waals surface area contributed by atoms with Crippen LogP contribution in [0.4, 0.5) is 0 Å². The molecular weight excluding hydrogens is 258 g/mol. The van der Waals surface area contributed by atoms with E-state index in [0.717, 1.165) is 32.6 Å². The maximum absolute atomic E-state index is 5.76. The molecule has 3 aromatic carbocycles. The Kier molecular flexibility index (Phi) is 1.98. The van der Waals surface area contributed by atoms with E-state index < -0.39 is 0 Å². The molecule has 0 saturated heterocycles. The molecule has 0 atom stereocenters. The molecule has 0 amide bonds. The van der Waals surface area contributed by atoms with Crippen LogP contribution in [-0.4, -0.2) is 4.98 Å². The van der Waals surface area contributed by atoms with Crippen LogP contribution in [0.2, 0.25) is 0 Å². The fourth-order valence-corrected chi connectivity index (χ4v) is 3.19. The number of pyridine rings is 1. The molecular formula is C19H11NO. The first-order valence-electron chi connectivity index (χ1n) is 6.98. The Bertz CT molecular complexity index is 1140. The highest BCUT2D eigenvalue weighted by atomic mass is 16.3. The van der Waals surface area contributed by atoms with Crippen molar-refractivity contribution in [2.45, 2.75) is 0 Å². The summed E-state index contributed by atoms with van der Waals surface area (Å²) in [5.74, 6) is 0. The van der Waals surface area contributed by atoms with E-state index in [1.54, 1.807) is 6.26 Å². The second-order valence-corrected chi connectivity index (χ2v) is 5.31. The maximum atomic E-state index is 5.76. The lowest BCUT2D eigenvalue weighted by molar-refractivity contribution is 0.619. The van der Waals surface area contributed by atoms with Crippen LogP contribution in [0.25, 0.3) is 43.4 Å². The topological polar surface area (TPSA) is 26.0 Å². The van der Waals surface area contributed by atoms with E-state index in [0.29, 0.717) is 0 Å². The van der Waals surface area contributed by atoms with Gasteiger partial charge in [0.25, 0.3) is 0 Å².